The van der Waals surface area contributed by atoms with Crippen LogP contribution in [-0.2, 0) is 42.0 Å². The third-order valence-electron chi connectivity index (χ3n) is 22.3. The van der Waals surface area contributed by atoms with Crippen LogP contribution in [0.1, 0.15) is 250 Å². The van der Waals surface area contributed by atoms with Crippen LogP contribution in [0, 0.1) is 36.5 Å². The van der Waals surface area contributed by atoms with Crippen LogP contribution in [0.2, 0.25) is 0 Å². The highest BCUT2D eigenvalue weighted by Crippen LogP contribution is 2.41. The number of likely N-dealkylation sites (N-methyl/N-ethyl adjacent to an activating group) is 1. The number of carbonyl (C=O) groups is 10. The summed E-state index contributed by atoms with van der Waals surface area (Å²) in [6, 6.07) is 26.7. The van der Waals surface area contributed by atoms with E-state index in [1.54, 1.807) is 99.2 Å². The number of anilines is 2. The summed E-state index contributed by atoms with van der Waals surface area (Å²) in [5.41, 5.74) is 16.0. The molecule has 8 aromatic rings. The van der Waals surface area contributed by atoms with E-state index in [0.717, 1.165) is 158 Å². The lowest BCUT2D eigenvalue weighted by Crippen LogP contribution is -2.54. The maximum Gasteiger partial charge on any atom is 0.266 e. The zero-order valence-corrected chi connectivity index (χ0v) is 73.6. The van der Waals surface area contributed by atoms with Crippen LogP contribution >= 0.6 is 22.7 Å². The summed E-state index contributed by atoms with van der Waals surface area (Å²) in [6.07, 6.45) is 28.5. The Kier molecular flexibility index (Phi) is 34.2. The molecule has 128 heavy (non-hydrogen) atoms. The number of alkyl halides is 1. The number of likely N-dealkylation sites (tertiary alicyclic amines) is 3. The van der Waals surface area contributed by atoms with Gasteiger partial charge in [0.15, 0.2) is 23.1 Å². The van der Waals surface area contributed by atoms with E-state index < -0.39 is 71.8 Å². The van der Waals surface area contributed by atoms with E-state index in [9.17, 15) is 62.5 Å². The molecular weight excluding hydrogens is 1670 g/mol. The van der Waals surface area contributed by atoms with Gasteiger partial charge in [-0.15, -0.1) is 35.5 Å². The number of nitrogens with one attached hydrogen (secondary N) is 1. The van der Waals surface area contributed by atoms with E-state index in [-0.39, 0.29) is 98.1 Å². The smallest absolute Gasteiger partial charge is 0.266 e. The standard InChI is InChI=1S/C47H52N6O8S.C46H50N6O8S.C2H2.CH3F.CH4/c1-47(2,59)21-18-30-11-9-12-31(25-30)29-61-37-26-33(27-49-42(37)48)38-28-50-43(62-38)32-19-22-52(23-20-32)40(55)15-7-5-4-6-8-24-60-36-14-10-13-34-41(36)46(58)53(44(34)56)35-16-17-39(54)51(3)45(35)57;1-46(2,58)20-17-29-10-8-11-30(24-29)28-60-36-25-32(26-48-41(36)47)37-27-49-43(61-37)31-18-21-51(22-19-31)39(54)14-6-4-3-5-7-23-59-35-13-9-12-33-40(35)45(57)52(44(33)56)34-15-16-38(53)50-42(34)55;2*1-2;/h9-14,25-28,32,35,59H,4-8,15-17,19-20,22-24,29H2,1-3H3,(H2,48,49);8-13,24-27,31,34,58H,3-7,14-16,18-19,21-23,28H2,1-2H3,(H2,47,48)(H,50,53,55);1-2H;1H3;1H4/i;;;1D;. The molecule has 0 bridgehead atoms. The van der Waals surface area contributed by atoms with Crippen LogP contribution in [0.5, 0.6) is 23.0 Å². The molecular formula is C97H111FN12O16S2. The summed E-state index contributed by atoms with van der Waals surface area (Å²) < 4.78 is 39.6. The molecule has 28 nitrogen and oxygen atoms in total. The Morgan fingerprint density at radius 1 is 0.539 bits per heavy atom. The number of halogens is 1. The number of nitrogen functional groups attached to an aromatic ring is 2. The number of benzene rings is 4. The number of pyridine rings is 2. The molecule has 674 valence electrons. The first-order valence-electron chi connectivity index (χ1n) is 43.3. The highest BCUT2D eigenvalue weighted by molar-refractivity contribution is 7.15. The fourth-order valence-electron chi connectivity index (χ4n) is 15.5. The number of imide groups is 4. The Labute approximate surface area is 755 Å². The van der Waals surface area contributed by atoms with Gasteiger partial charge in [-0.05, 0) is 164 Å². The van der Waals surface area contributed by atoms with E-state index in [2.05, 4.69) is 51.8 Å². The summed E-state index contributed by atoms with van der Waals surface area (Å²) in [7, 11) is 0.365. The lowest BCUT2D eigenvalue weighted by molar-refractivity contribution is -0.150. The minimum absolute atomic E-state index is 0. The van der Waals surface area contributed by atoms with Crippen LogP contribution in [0.15, 0.2) is 122 Å². The highest BCUT2D eigenvalue weighted by Gasteiger charge is 2.49. The fraction of sp³-hybridized carbons (Fsp3) is 0.423. The minimum atomic E-state index is -1.08. The number of rotatable bonds is 30. The van der Waals surface area contributed by atoms with Crippen molar-refractivity contribution in [3.05, 3.63) is 176 Å². The van der Waals surface area contributed by atoms with E-state index in [1.807, 2.05) is 82.9 Å². The molecule has 4 saturated heterocycles. The van der Waals surface area contributed by atoms with Gasteiger partial charge in [-0.2, -0.15) is 0 Å². The number of hydrogen-bond donors (Lipinski definition) is 5. The van der Waals surface area contributed by atoms with Gasteiger partial charge in [0.05, 0.1) is 63.8 Å². The fourth-order valence-corrected chi connectivity index (χ4v) is 17.7. The molecule has 7 N–H and O–H groups in total. The predicted octanol–water partition coefficient (Wildman–Crippen LogP) is 13.8. The van der Waals surface area contributed by atoms with Crippen molar-refractivity contribution >= 4 is 93.4 Å². The Bertz CT molecular complexity index is 5530. The van der Waals surface area contributed by atoms with Gasteiger partial charge in [-0.3, -0.25) is 72.4 Å². The number of aromatic nitrogens is 4. The molecule has 6 aliphatic heterocycles. The number of unbranched alkanes of at least 4 members (excludes halogenated alkanes) is 8. The number of amides is 10. The van der Waals surface area contributed by atoms with Crippen molar-refractivity contribution in [3.8, 4) is 80.4 Å². The van der Waals surface area contributed by atoms with E-state index >= 15 is 0 Å². The molecule has 10 amide bonds. The van der Waals surface area contributed by atoms with Gasteiger partial charge in [0, 0.05) is 118 Å². The summed E-state index contributed by atoms with van der Waals surface area (Å²) in [6.45, 7) is 10.6. The number of piperidine rings is 4. The number of thiazole rings is 2. The summed E-state index contributed by atoms with van der Waals surface area (Å²) >= 11 is 3.25. The van der Waals surface area contributed by atoms with Crippen LogP contribution in [0.25, 0.3) is 20.9 Å². The third-order valence-corrected chi connectivity index (χ3v) is 24.7. The molecule has 10 heterocycles. The number of hydrogen-bond acceptors (Lipinski definition) is 24. The van der Waals surface area contributed by atoms with Gasteiger partial charge in [0.25, 0.3) is 29.5 Å². The maximum absolute atomic E-state index is 13.4. The van der Waals surface area contributed by atoms with Crippen molar-refractivity contribution in [2.45, 2.75) is 212 Å². The van der Waals surface area contributed by atoms with Crippen molar-refractivity contribution in [3.63, 3.8) is 0 Å². The lowest BCUT2D eigenvalue weighted by Gasteiger charge is -2.32. The van der Waals surface area contributed by atoms with Gasteiger partial charge in [0.2, 0.25) is 29.5 Å². The summed E-state index contributed by atoms with van der Waals surface area (Å²) in [4.78, 5) is 155. The zero-order valence-electron chi connectivity index (χ0n) is 73.0. The van der Waals surface area contributed by atoms with E-state index in [0.29, 0.717) is 86.9 Å². The molecule has 0 radical (unpaired) electrons. The van der Waals surface area contributed by atoms with Gasteiger partial charge in [0.1, 0.15) is 48.0 Å². The third kappa shape index (κ3) is 25.4. The monoisotopic (exact) mass is 1780 g/mol. The molecule has 6 aliphatic rings. The zero-order chi connectivity index (χ0) is 91.8. The Morgan fingerprint density at radius 3 is 1.38 bits per heavy atom. The topological polar surface area (TPSA) is 380 Å². The Morgan fingerprint density at radius 2 is 0.945 bits per heavy atom. The summed E-state index contributed by atoms with van der Waals surface area (Å²) in [5, 5.41) is 24.2. The van der Waals surface area contributed by atoms with Gasteiger partial charge < -0.3 is 50.4 Å². The first-order chi connectivity index (χ1) is 61.5. The second-order valence-corrected chi connectivity index (χ2v) is 34.7. The molecule has 0 spiro atoms. The molecule has 4 aromatic heterocycles. The highest BCUT2D eigenvalue weighted by atomic mass is 32.1. The molecule has 4 fully saturated rings. The van der Waals surface area contributed by atoms with Crippen molar-refractivity contribution in [2.75, 3.05) is 65.1 Å². The normalized spacial score (nSPS) is 16.4. The largest absolute Gasteiger partial charge is 0.493 e. The predicted molar refractivity (Wildman–Crippen MR) is 485 cm³/mol. The number of aliphatic hydroxyl groups is 2. The van der Waals surface area contributed by atoms with Crippen molar-refractivity contribution in [1.82, 2.24) is 49.8 Å². The van der Waals surface area contributed by atoms with E-state index in [1.165, 1.54) is 7.05 Å². The number of nitrogens with two attached hydrogens (primary N) is 2. The first-order valence-corrected chi connectivity index (χ1v) is 44.2. The summed E-state index contributed by atoms with van der Waals surface area (Å²) in [5.74, 6) is 10.5. The second kappa shape index (κ2) is 45.6. The molecule has 0 aliphatic carbocycles. The average Bonchev–Trinajstić information content (AvgIpc) is 1.60. The molecule has 2 unspecified atom stereocenters. The number of terminal acetylenes is 1. The number of ether oxygens (including phenoxy) is 4. The first kappa shape index (κ1) is 95.9. The Balaban J connectivity index is 0.000000254. The van der Waals surface area contributed by atoms with Crippen LogP contribution in [0.4, 0.5) is 16.0 Å². The molecule has 14 rings (SSSR count). The quantitative estimate of drug-likeness (QED) is 0.0159. The average molecular weight is 1790 g/mol. The second-order valence-electron chi connectivity index (χ2n) is 32.6. The van der Waals surface area contributed by atoms with Crippen molar-refractivity contribution in [1.29, 1.82) is 0 Å². The van der Waals surface area contributed by atoms with Crippen LogP contribution in [-0.4, -0.2) is 191 Å². The molecule has 31 heteroatoms. The lowest BCUT2D eigenvalue weighted by atomic mass is 9.97. The SMILES string of the molecule is C.C#C.CC(C)(O)C#Cc1cccc(COc2cc(-c3cnc(C4CCN(C(=O)CCCCCCCOc5cccc6c5C(=O)N(C5CCC(=O)NC5=O)C6=O)CC4)s3)cnc2N)c1.CN1C(=O)CCC(N2C(=O)c3cccc(OCCCCCCCC(=O)N4CCC(c5ncc(-c6cnc(N)c(OCc7cccc(C#CC(C)(C)O)c7)c6)s5)CC4)c3C2=O)C1=O.[2H]CF. The van der Waals surface area contributed by atoms with Gasteiger partial charge in [-0.1, -0.05) is 106 Å². The van der Waals surface area contributed by atoms with Crippen molar-refractivity contribution in [2.24, 2.45) is 0 Å². The van der Waals surface area contributed by atoms with Crippen LogP contribution < -0.4 is 35.7 Å². The number of fused-ring (bicyclic) bond motifs is 2. The molecule has 0 saturated carbocycles. The van der Waals surface area contributed by atoms with Gasteiger partial charge >= 0.3 is 0 Å². The van der Waals surface area contributed by atoms with E-state index in [4.69, 9.17) is 41.8 Å². The van der Waals surface area contributed by atoms with Gasteiger partial charge in [-0.25, -0.2) is 19.9 Å². The number of nitrogens with zero attached hydrogens (tertiary/aromatic N) is 9. The Hall–Kier alpha value is -12.7. The number of carbonyl (C=O) groups excluding carboxylic acids is 10. The molecule has 4 aromatic carbocycles. The van der Waals surface area contributed by atoms with Crippen molar-refractivity contribution < 1.29 is 82.9 Å². The molecule has 2 atom stereocenters. The maximum atomic E-state index is 13.4. The van der Waals surface area contributed by atoms with Crippen LogP contribution in [0.3, 0.4) is 0 Å². The minimum Gasteiger partial charge on any atom is -0.493 e.